The van der Waals surface area contributed by atoms with E-state index < -0.39 is 12.1 Å². The first-order valence-corrected chi connectivity index (χ1v) is 11.3. The van der Waals surface area contributed by atoms with Gasteiger partial charge in [0.1, 0.15) is 6.10 Å². The number of halogens is 1. The Morgan fingerprint density at radius 1 is 1.43 bits per heavy atom. The summed E-state index contributed by atoms with van der Waals surface area (Å²) in [5, 5.41) is 5.71. The molecule has 0 spiro atoms. The Morgan fingerprint density at radius 2 is 2.23 bits per heavy atom. The Hall–Kier alpha value is -1.95. The second-order valence-corrected chi connectivity index (χ2v) is 10.0. The molecule has 1 saturated heterocycles. The minimum atomic E-state index is -0.436. The first-order valence-electron chi connectivity index (χ1n) is 9.37. The molecule has 0 saturated carbocycles. The Labute approximate surface area is 187 Å². The average molecular weight is 474 g/mol. The molecule has 3 amide bonds. The Bertz CT molecular complexity index is 888. The van der Waals surface area contributed by atoms with Crippen molar-refractivity contribution in [3.8, 4) is 0 Å². The van der Waals surface area contributed by atoms with Crippen LogP contribution < -0.4 is 10.6 Å². The van der Waals surface area contributed by atoms with Crippen LogP contribution in [0.3, 0.4) is 0 Å². The van der Waals surface area contributed by atoms with Gasteiger partial charge in [0.15, 0.2) is 5.82 Å². The molecule has 2 aromatic heterocycles. The quantitative estimate of drug-likeness (QED) is 0.654. The molecule has 0 aromatic carbocycles. The van der Waals surface area contributed by atoms with Crippen molar-refractivity contribution in [3.05, 3.63) is 27.2 Å². The van der Waals surface area contributed by atoms with Gasteiger partial charge < -0.3 is 19.7 Å². The van der Waals surface area contributed by atoms with E-state index in [0.717, 1.165) is 16.4 Å². The molecule has 164 valence electrons. The third-order valence-corrected chi connectivity index (χ3v) is 6.25. The van der Waals surface area contributed by atoms with Crippen LogP contribution in [0.1, 0.15) is 37.4 Å². The van der Waals surface area contributed by atoms with Crippen molar-refractivity contribution < 1.29 is 19.1 Å². The summed E-state index contributed by atoms with van der Waals surface area (Å²) < 4.78 is 16.1. The summed E-state index contributed by atoms with van der Waals surface area (Å²) in [4.78, 5) is 31.0. The fourth-order valence-corrected chi connectivity index (χ4v) is 4.51. The zero-order valence-corrected chi connectivity index (χ0v) is 19.3. The lowest BCUT2D eigenvalue weighted by atomic mass is 9.96. The highest BCUT2D eigenvalue weighted by Crippen LogP contribution is 2.26. The molecule has 1 atom stereocenters. The normalized spacial score (nSPS) is 17.9. The standard InChI is InChI=1S/C18H24ClN5O4S2/c1-18(2)8-11(6-7-27-18)28-17(26)24(3)10-14-21-16(30-23-14)22-15(25)20-9-12-4-5-13(19)29-12/h4-5,11H,6-10H2,1-3H3,(H2,20,21,22,23,25). The molecule has 30 heavy (non-hydrogen) atoms. The van der Waals surface area contributed by atoms with Crippen molar-refractivity contribution in [2.45, 2.75) is 51.5 Å². The van der Waals surface area contributed by atoms with Crippen molar-refractivity contribution in [1.82, 2.24) is 19.6 Å². The second-order valence-electron chi connectivity index (χ2n) is 7.49. The topological polar surface area (TPSA) is 106 Å². The molecule has 2 aromatic rings. The largest absolute Gasteiger partial charge is 0.446 e. The van der Waals surface area contributed by atoms with E-state index in [1.807, 2.05) is 19.9 Å². The van der Waals surface area contributed by atoms with Gasteiger partial charge >= 0.3 is 12.1 Å². The molecule has 1 aliphatic rings. The highest BCUT2D eigenvalue weighted by Gasteiger charge is 2.31. The molecule has 1 unspecified atom stereocenters. The monoisotopic (exact) mass is 473 g/mol. The molecule has 3 heterocycles. The third kappa shape index (κ3) is 6.79. The highest BCUT2D eigenvalue weighted by atomic mass is 35.5. The smallest absolute Gasteiger partial charge is 0.410 e. The van der Waals surface area contributed by atoms with Crippen LogP contribution in [0.25, 0.3) is 0 Å². The number of urea groups is 1. The zero-order chi connectivity index (χ0) is 21.7. The lowest BCUT2D eigenvalue weighted by molar-refractivity contribution is -0.101. The summed E-state index contributed by atoms with van der Waals surface area (Å²) in [7, 11) is 1.62. The number of ether oxygens (including phenoxy) is 2. The van der Waals surface area contributed by atoms with Gasteiger partial charge in [0, 0.05) is 36.3 Å². The minimum Gasteiger partial charge on any atom is -0.446 e. The summed E-state index contributed by atoms with van der Waals surface area (Å²) in [6.45, 7) is 5.08. The summed E-state index contributed by atoms with van der Waals surface area (Å²) >= 11 is 8.32. The van der Waals surface area contributed by atoms with Crippen LogP contribution in [0.2, 0.25) is 4.34 Å². The molecular formula is C18H24ClN5O4S2. The van der Waals surface area contributed by atoms with Gasteiger partial charge in [-0.05, 0) is 26.0 Å². The number of hydrogen-bond donors (Lipinski definition) is 2. The van der Waals surface area contributed by atoms with Gasteiger partial charge in [0.2, 0.25) is 5.13 Å². The highest BCUT2D eigenvalue weighted by molar-refractivity contribution is 7.16. The van der Waals surface area contributed by atoms with E-state index >= 15 is 0 Å². The van der Waals surface area contributed by atoms with Gasteiger partial charge in [-0.3, -0.25) is 5.32 Å². The third-order valence-electron chi connectivity index (χ3n) is 4.35. The van der Waals surface area contributed by atoms with E-state index in [-0.39, 0.29) is 18.2 Å². The van der Waals surface area contributed by atoms with Crippen molar-refractivity contribution in [1.29, 1.82) is 0 Å². The second kappa shape index (κ2) is 9.90. The maximum Gasteiger partial charge on any atom is 0.410 e. The van der Waals surface area contributed by atoms with Crippen molar-refractivity contribution in [2.75, 3.05) is 19.0 Å². The summed E-state index contributed by atoms with van der Waals surface area (Å²) in [6, 6.07) is 3.24. The predicted molar refractivity (Wildman–Crippen MR) is 116 cm³/mol. The van der Waals surface area contributed by atoms with Gasteiger partial charge in [0.05, 0.1) is 29.6 Å². The average Bonchev–Trinajstić information content (AvgIpc) is 3.27. The SMILES string of the molecule is CN(Cc1nsc(NC(=O)NCc2ccc(Cl)s2)n1)C(=O)OC1CCOC(C)(C)C1. The van der Waals surface area contributed by atoms with Crippen LogP contribution in [0.5, 0.6) is 0 Å². The number of hydrogen-bond acceptors (Lipinski definition) is 8. The van der Waals surface area contributed by atoms with Crippen LogP contribution >= 0.6 is 34.5 Å². The number of thiophene rings is 1. The number of nitrogens with zero attached hydrogens (tertiary/aromatic N) is 3. The first-order chi connectivity index (χ1) is 14.2. The number of aromatic nitrogens is 2. The maximum absolute atomic E-state index is 12.4. The number of anilines is 1. The molecule has 2 N–H and O–H groups in total. The van der Waals surface area contributed by atoms with E-state index in [2.05, 4.69) is 20.0 Å². The zero-order valence-electron chi connectivity index (χ0n) is 16.9. The van der Waals surface area contributed by atoms with Gasteiger partial charge in [-0.15, -0.1) is 11.3 Å². The van der Waals surface area contributed by atoms with E-state index in [4.69, 9.17) is 21.1 Å². The van der Waals surface area contributed by atoms with Crippen LogP contribution in [-0.4, -0.2) is 51.7 Å². The molecule has 1 fully saturated rings. The maximum atomic E-state index is 12.4. The Balaban J connectivity index is 1.43. The minimum absolute atomic E-state index is 0.175. The molecule has 9 nitrogen and oxygen atoms in total. The fourth-order valence-electron chi connectivity index (χ4n) is 2.91. The lowest BCUT2D eigenvalue weighted by Gasteiger charge is -2.35. The van der Waals surface area contributed by atoms with Crippen molar-refractivity contribution in [3.63, 3.8) is 0 Å². The van der Waals surface area contributed by atoms with Crippen molar-refractivity contribution >= 4 is 51.7 Å². The van der Waals surface area contributed by atoms with E-state index in [9.17, 15) is 9.59 Å². The van der Waals surface area contributed by atoms with Crippen LogP contribution in [0, 0.1) is 0 Å². The van der Waals surface area contributed by atoms with Gasteiger partial charge in [-0.1, -0.05) is 11.6 Å². The summed E-state index contributed by atoms with van der Waals surface area (Å²) in [5.41, 5.74) is -0.296. The van der Waals surface area contributed by atoms with Gasteiger partial charge in [-0.25, -0.2) is 14.6 Å². The van der Waals surface area contributed by atoms with Crippen LogP contribution in [0.4, 0.5) is 14.7 Å². The molecule has 0 bridgehead atoms. The summed E-state index contributed by atoms with van der Waals surface area (Å²) in [6.07, 6.45) is 0.724. The van der Waals surface area contributed by atoms with E-state index in [1.54, 1.807) is 13.1 Å². The molecule has 1 aliphatic heterocycles. The number of carbonyl (C=O) groups excluding carboxylic acids is 2. The molecular weight excluding hydrogens is 450 g/mol. The molecule has 12 heteroatoms. The first kappa shape index (κ1) is 22.7. The Kier molecular flexibility index (Phi) is 7.50. The predicted octanol–water partition coefficient (Wildman–Crippen LogP) is 4.10. The number of nitrogens with one attached hydrogen (secondary N) is 2. The fraction of sp³-hybridized carbons (Fsp3) is 0.556. The lowest BCUT2D eigenvalue weighted by Crippen LogP contribution is -2.40. The summed E-state index contributed by atoms with van der Waals surface area (Å²) in [5.74, 6) is 0.423. The van der Waals surface area contributed by atoms with Gasteiger partial charge in [-0.2, -0.15) is 4.37 Å². The number of rotatable bonds is 6. The number of carbonyl (C=O) groups is 2. The van der Waals surface area contributed by atoms with Crippen LogP contribution in [0.15, 0.2) is 12.1 Å². The van der Waals surface area contributed by atoms with Gasteiger partial charge in [0.25, 0.3) is 0 Å². The van der Waals surface area contributed by atoms with E-state index in [0.29, 0.717) is 41.3 Å². The number of amides is 3. The molecule has 3 rings (SSSR count). The molecule has 0 radical (unpaired) electrons. The Morgan fingerprint density at radius 3 is 2.93 bits per heavy atom. The molecule has 0 aliphatic carbocycles. The van der Waals surface area contributed by atoms with Crippen LogP contribution in [-0.2, 0) is 22.6 Å². The van der Waals surface area contributed by atoms with Crippen molar-refractivity contribution in [2.24, 2.45) is 0 Å². The van der Waals surface area contributed by atoms with E-state index in [1.165, 1.54) is 16.2 Å².